The minimum Gasteiger partial charge on any atom is -0.354 e. The van der Waals surface area contributed by atoms with Crippen molar-refractivity contribution in [1.82, 2.24) is 10.6 Å². The summed E-state index contributed by atoms with van der Waals surface area (Å²) in [6.07, 6.45) is 1.01. The van der Waals surface area contributed by atoms with Gasteiger partial charge in [0.1, 0.15) is 0 Å². The van der Waals surface area contributed by atoms with E-state index in [-0.39, 0.29) is 41.4 Å². The van der Waals surface area contributed by atoms with E-state index in [1.165, 1.54) is 18.2 Å². The molecule has 0 radical (unpaired) electrons. The summed E-state index contributed by atoms with van der Waals surface area (Å²) in [6, 6.07) is 12.5. The molecule has 0 heterocycles. The third-order valence-corrected chi connectivity index (χ3v) is 6.08. The van der Waals surface area contributed by atoms with Gasteiger partial charge in [-0.3, -0.25) is 14.3 Å². The lowest BCUT2D eigenvalue weighted by Crippen LogP contribution is -2.35. The fourth-order valence-electron chi connectivity index (χ4n) is 2.39. The zero-order valence-electron chi connectivity index (χ0n) is 16.2. The maximum atomic E-state index is 12.5. The Morgan fingerprint density at radius 3 is 2.45 bits per heavy atom. The molecule has 2 aromatic rings. The number of anilines is 1. The van der Waals surface area contributed by atoms with Crippen molar-refractivity contribution in [2.24, 2.45) is 0 Å². The van der Waals surface area contributed by atoms with Crippen molar-refractivity contribution in [2.45, 2.75) is 37.6 Å². The highest BCUT2D eigenvalue weighted by molar-refractivity contribution is 9.10. The first-order valence-electron chi connectivity index (χ1n) is 9.17. The molecule has 0 saturated carbocycles. The van der Waals surface area contributed by atoms with Crippen molar-refractivity contribution in [1.29, 1.82) is 0 Å². The van der Waals surface area contributed by atoms with Gasteiger partial charge < -0.3 is 10.6 Å². The van der Waals surface area contributed by atoms with E-state index in [2.05, 4.69) is 31.3 Å². The predicted molar refractivity (Wildman–Crippen MR) is 116 cm³/mol. The van der Waals surface area contributed by atoms with E-state index in [9.17, 15) is 18.0 Å². The van der Waals surface area contributed by atoms with Crippen molar-refractivity contribution < 1.29 is 18.0 Å². The Kier molecular flexibility index (Phi) is 8.21. The van der Waals surface area contributed by atoms with Gasteiger partial charge in [0.2, 0.25) is 5.91 Å². The van der Waals surface area contributed by atoms with E-state index < -0.39 is 10.0 Å². The normalized spacial score (nSPS) is 12.1. The van der Waals surface area contributed by atoms with Gasteiger partial charge in [0.25, 0.3) is 15.9 Å². The molecule has 3 N–H and O–H groups in total. The first-order valence-corrected chi connectivity index (χ1v) is 11.4. The third-order valence-electron chi connectivity index (χ3n) is 4.16. The first kappa shape index (κ1) is 22.9. The maximum absolute atomic E-state index is 12.5. The van der Waals surface area contributed by atoms with E-state index in [0.29, 0.717) is 5.56 Å². The molecule has 2 rings (SSSR count). The van der Waals surface area contributed by atoms with Gasteiger partial charge in [-0.1, -0.05) is 28.9 Å². The van der Waals surface area contributed by atoms with Crippen molar-refractivity contribution in [3.63, 3.8) is 0 Å². The highest BCUT2D eigenvalue weighted by Gasteiger charge is 2.15. The van der Waals surface area contributed by atoms with Crippen LogP contribution in [0, 0.1) is 0 Å². The molecule has 0 fully saturated rings. The van der Waals surface area contributed by atoms with E-state index in [0.717, 1.165) is 10.9 Å². The summed E-state index contributed by atoms with van der Waals surface area (Å²) in [6.45, 7) is 4.08. The molecular formula is C20H24BrN3O4S. The Balaban J connectivity index is 1.97. The first-order chi connectivity index (χ1) is 13.7. The summed E-state index contributed by atoms with van der Waals surface area (Å²) in [5, 5.41) is 5.49. The summed E-state index contributed by atoms with van der Waals surface area (Å²) in [4.78, 5) is 24.2. The topological polar surface area (TPSA) is 104 Å². The van der Waals surface area contributed by atoms with E-state index in [4.69, 9.17) is 0 Å². The monoisotopic (exact) mass is 481 g/mol. The molecule has 0 bridgehead atoms. The minimum absolute atomic E-state index is 0.0913. The number of rotatable bonds is 9. The average Bonchev–Trinajstić information content (AvgIpc) is 2.68. The molecule has 7 nitrogen and oxygen atoms in total. The van der Waals surface area contributed by atoms with Crippen LogP contribution in [0.1, 0.15) is 37.0 Å². The summed E-state index contributed by atoms with van der Waals surface area (Å²) in [5.41, 5.74) is 0.568. The Hall–Kier alpha value is -2.39. The molecule has 0 saturated heterocycles. The largest absolute Gasteiger partial charge is 0.354 e. The van der Waals surface area contributed by atoms with Crippen LogP contribution in [-0.2, 0) is 14.8 Å². The lowest BCUT2D eigenvalue weighted by Gasteiger charge is -2.12. The van der Waals surface area contributed by atoms with Crippen molar-refractivity contribution in [3.8, 4) is 0 Å². The number of hydrogen-bond donors (Lipinski definition) is 3. The quantitative estimate of drug-likeness (QED) is 0.510. The molecule has 0 aliphatic carbocycles. The van der Waals surface area contributed by atoms with E-state index in [1.807, 2.05) is 13.8 Å². The van der Waals surface area contributed by atoms with Gasteiger partial charge >= 0.3 is 0 Å². The molecule has 1 unspecified atom stereocenters. The van der Waals surface area contributed by atoms with Crippen molar-refractivity contribution in [2.75, 3.05) is 11.3 Å². The van der Waals surface area contributed by atoms with Gasteiger partial charge in [-0.05, 0) is 55.8 Å². The van der Waals surface area contributed by atoms with Crippen LogP contribution in [0.15, 0.2) is 57.9 Å². The Morgan fingerprint density at radius 1 is 1.10 bits per heavy atom. The number of carbonyl (C=O) groups excluding carboxylic acids is 2. The molecule has 2 amide bonds. The lowest BCUT2D eigenvalue weighted by molar-refractivity contribution is -0.121. The van der Waals surface area contributed by atoms with Crippen LogP contribution >= 0.6 is 15.9 Å². The number of amides is 2. The zero-order chi connectivity index (χ0) is 21.4. The molecule has 0 aliphatic heterocycles. The SMILES string of the molecule is CCC(C)NC(=O)CCNC(=O)c1cccc(NS(=O)(=O)c2ccc(Br)cc2)c1. The van der Waals surface area contributed by atoms with Crippen molar-refractivity contribution in [3.05, 3.63) is 58.6 Å². The van der Waals surface area contributed by atoms with Gasteiger partial charge in [0, 0.05) is 34.7 Å². The highest BCUT2D eigenvalue weighted by Crippen LogP contribution is 2.19. The van der Waals surface area contributed by atoms with Gasteiger partial charge in [0.05, 0.1) is 4.90 Å². The number of carbonyl (C=O) groups is 2. The molecule has 29 heavy (non-hydrogen) atoms. The summed E-state index contributed by atoms with van der Waals surface area (Å²) >= 11 is 3.26. The number of hydrogen-bond acceptors (Lipinski definition) is 4. The molecule has 2 aromatic carbocycles. The van der Waals surface area contributed by atoms with E-state index in [1.54, 1.807) is 30.3 Å². The molecule has 9 heteroatoms. The Morgan fingerprint density at radius 2 is 1.79 bits per heavy atom. The number of nitrogens with one attached hydrogen (secondary N) is 3. The summed E-state index contributed by atoms with van der Waals surface area (Å²) < 4.78 is 28.2. The summed E-state index contributed by atoms with van der Waals surface area (Å²) in [7, 11) is -3.77. The number of benzene rings is 2. The fourth-order valence-corrected chi connectivity index (χ4v) is 3.71. The van der Waals surface area contributed by atoms with Crippen LogP contribution in [-0.4, -0.2) is 32.8 Å². The number of halogens is 1. The highest BCUT2D eigenvalue weighted by atomic mass is 79.9. The minimum atomic E-state index is -3.77. The second kappa shape index (κ2) is 10.4. The van der Waals surface area contributed by atoms with Gasteiger partial charge in [-0.15, -0.1) is 0 Å². The molecule has 1 atom stereocenters. The Bertz CT molecular complexity index is 962. The van der Waals surface area contributed by atoms with Gasteiger partial charge in [-0.25, -0.2) is 8.42 Å². The molecule has 0 aliphatic rings. The average molecular weight is 482 g/mol. The molecule has 0 aromatic heterocycles. The van der Waals surface area contributed by atoms with Crippen LogP contribution in [0.2, 0.25) is 0 Å². The maximum Gasteiger partial charge on any atom is 0.261 e. The summed E-state index contributed by atoms with van der Waals surface area (Å²) in [5.74, 6) is -0.512. The molecule has 156 valence electrons. The number of sulfonamides is 1. The van der Waals surface area contributed by atoms with Crippen molar-refractivity contribution >= 4 is 43.5 Å². The second-order valence-electron chi connectivity index (χ2n) is 6.52. The second-order valence-corrected chi connectivity index (χ2v) is 9.12. The fraction of sp³-hybridized carbons (Fsp3) is 0.300. The Labute approximate surface area is 179 Å². The zero-order valence-corrected chi connectivity index (χ0v) is 18.6. The smallest absolute Gasteiger partial charge is 0.261 e. The predicted octanol–water partition coefficient (Wildman–Crippen LogP) is 3.28. The lowest BCUT2D eigenvalue weighted by atomic mass is 10.2. The van der Waals surface area contributed by atoms with Gasteiger partial charge in [0.15, 0.2) is 0 Å². The standard InChI is InChI=1S/C20H24BrN3O4S/c1-3-14(2)23-19(25)11-12-22-20(26)15-5-4-6-17(13-15)24-29(27,28)18-9-7-16(21)8-10-18/h4-10,13-14,24H,3,11-12H2,1-2H3,(H,22,26)(H,23,25). The van der Waals surface area contributed by atoms with Crippen LogP contribution in [0.3, 0.4) is 0 Å². The van der Waals surface area contributed by atoms with Gasteiger partial charge in [-0.2, -0.15) is 0 Å². The molecular weight excluding hydrogens is 458 g/mol. The van der Waals surface area contributed by atoms with E-state index >= 15 is 0 Å². The van der Waals surface area contributed by atoms with Crippen LogP contribution in [0.4, 0.5) is 5.69 Å². The van der Waals surface area contributed by atoms with Crippen LogP contribution in [0.25, 0.3) is 0 Å². The molecule has 0 spiro atoms. The van der Waals surface area contributed by atoms with Crippen LogP contribution < -0.4 is 15.4 Å². The third kappa shape index (κ3) is 7.17. The van der Waals surface area contributed by atoms with Crippen LogP contribution in [0.5, 0.6) is 0 Å².